The van der Waals surface area contributed by atoms with Gasteiger partial charge in [-0.2, -0.15) is 0 Å². The van der Waals surface area contributed by atoms with Crippen LogP contribution < -0.4 is 5.32 Å². The van der Waals surface area contributed by atoms with Crippen molar-refractivity contribution in [1.82, 2.24) is 9.97 Å². The van der Waals surface area contributed by atoms with Gasteiger partial charge in [0.2, 0.25) is 5.28 Å². The highest BCUT2D eigenvalue weighted by Crippen LogP contribution is 2.25. The van der Waals surface area contributed by atoms with Crippen molar-refractivity contribution in [1.29, 1.82) is 0 Å². The van der Waals surface area contributed by atoms with Gasteiger partial charge in [-0.1, -0.05) is 23.7 Å². The van der Waals surface area contributed by atoms with Gasteiger partial charge >= 0.3 is 0 Å². The zero-order valence-electron chi connectivity index (χ0n) is 12.4. The third-order valence-electron chi connectivity index (χ3n) is 3.48. The summed E-state index contributed by atoms with van der Waals surface area (Å²) in [6, 6.07) is 11.8. The molecule has 0 aliphatic carbocycles. The smallest absolute Gasteiger partial charge is 0.269 e. The molecule has 1 N–H and O–H groups in total. The molecule has 0 spiro atoms. The first-order valence-corrected chi connectivity index (χ1v) is 7.88. The van der Waals surface area contributed by atoms with E-state index < -0.39 is 4.92 Å². The van der Waals surface area contributed by atoms with Crippen molar-refractivity contribution in [3.8, 4) is 0 Å². The van der Waals surface area contributed by atoms with Crippen LogP contribution in [0.4, 0.5) is 11.5 Å². The molecule has 6 nitrogen and oxygen atoms in total. The van der Waals surface area contributed by atoms with E-state index in [0.29, 0.717) is 29.3 Å². The van der Waals surface area contributed by atoms with E-state index in [2.05, 4.69) is 15.3 Å². The second-order valence-electron chi connectivity index (χ2n) is 5.10. The van der Waals surface area contributed by atoms with Gasteiger partial charge in [-0.15, -0.1) is 0 Å². The number of anilines is 1. The predicted octanol–water partition coefficient (Wildman–Crippen LogP) is 4.50. The minimum atomic E-state index is -0.416. The molecule has 0 bridgehead atoms. The Labute approximate surface area is 147 Å². The van der Waals surface area contributed by atoms with Gasteiger partial charge in [0.15, 0.2) is 0 Å². The Hall–Kier alpha value is -2.44. The molecule has 3 rings (SSSR count). The molecule has 0 saturated carbocycles. The monoisotopic (exact) mass is 362 g/mol. The second-order valence-corrected chi connectivity index (χ2v) is 5.88. The summed E-state index contributed by atoms with van der Waals surface area (Å²) in [5.74, 6) is 0.606. The first-order chi connectivity index (χ1) is 11.5. The largest absolute Gasteiger partial charge is 0.369 e. The molecule has 122 valence electrons. The van der Waals surface area contributed by atoms with Gasteiger partial charge in [0, 0.05) is 29.1 Å². The summed E-state index contributed by atoms with van der Waals surface area (Å²) in [5, 5.41) is 15.4. The van der Waals surface area contributed by atoms with Crippen molar-refractivity contribution in [3.05, 3.63) is 68.4 Å². The molecule has 0 aliphatic heterocycles. The minimum Gasteiger partial charge on any atom is -0.369 e. The van der Waals surface area contributed by atoms with Gasteiger partial charge in [-0.05, 0) is 41.8 Å². The number of hydrogen-bond acceptors (Lipinski definition) is 5. The summed E-state index contributed by atoms with van der Waals surface area (Å²) >= 11 is 12.0. The number of fused-ring (bicyclic) bond motifs is 1. The molecule has 1 heterocycles. The molecule has 1 aromatic heterocycles. The lowest BCUT2D eigenvalue weighted by atomic mass is 10.1. The highest BCUT2D eigenvalue weighted by molar-refractivity contribution is 6.31. The molecule has 0 aliphatic rings. The van der Waals surface area contributed by atoms with Crippen LogP contribution in [0.2, 0.25) is 10.3 Å². The Balaban J connectivity index is 1.73. The molecule has 0 saturated heterocycles. The minimum absolute atomic E-state index is 0.0786. The van der Waals surface area contributed by atoms with E-state index in [-0.39, 0.29) is 11.0 Å². The van der Waals surface area contributed by atoms with E-state index in [1.54, 1.807) is 30.3 Å². The van der Waals surface area contributed by atoms with Crippen molar-refractivity contribution in [3.63, 3.8) is 0 Å². The molecule has 24 heavy (non-hydrogen) atoms. The number of aromatic nitrogens is 2. The third kappa shape index (κ3) is 3.72. The number of rotatable bonds is 5. The summed E-state index contributed by atoms with van der Waals surface area (Å²) in [7, 11) is 0. The average molecular weight is 363 g/mol. The molecule has 0 fully saturated rings. The Morgan fingerprint density at radius 1 is 1.08 bits per heavy atom. The number of hydrogen-bond donors (Lipinski definition) is 1. The van der Waals surface area contributed by atoms with Crippen LogP contribution >= 0.6 is 23.2 Å². The van der Waals surface area contributed by atoms with Crippen molar-refractivity contribution in [2.75, 3.05) is 11.9 Å². The van der Waals surface area contributed by atoms with Crippen LogP contribution in [0.3, 0.4) is 0 Å². The molecular weight excluding hydrogens is 351 g/mol. The van der Waals surface area contributed by atoms with Gasteiger partial charge in [-0.25, -0.2) is 9.97 Å². The third-order valence-corrected chi connectivity index (χ3v) is 3.89. The van der Waals surface area contributed by atoms with Gasteiger partial charge in [0.05, 0.1) is 10.4 Å². The molecule has 0 atom stereocenters. The Bertz CT molecular complexity index is 900. The van der Waals surface area contributed by atoms with E-state index in [1.807, 2.05) is 0 Å². The SMILES string of the molecule is O=[N+]([O-])c1ccc(CCNc2nc(Cl)nc3ccc(Cl)cc23)cc1. The van der Waals surface area contributed by atoms with Crippen LogP contribution in [0.1, 0.15) is 5.56 Å². The summed E-state index contributed by atoms with van der Waals surface area (Å²) in [5.41, 5.74) is 1.77. The van der Waals surface area contributed by atoms with Crippen molar-refractivity contribution in [2.24, 2.45) is 0 Å². The molecule has 8 heteroatoms. The standard InChI is InChI=1S/C16H12Cl2N4O2/c17-11-3-6-14-13(9-11)15(21-16(18)20-14)19-8-7-10-1-4-12(5-2-10)22(23)24/h1-6,9H,7-8H2,(H,19,20,21). The van der Waals surface area contributed by atoms with Crippen LogP contribution in [-0.2, 0) is 6.42 Å². The molecular formula is C16H12Cl2N4O2. The first kappa shape index (κ1) is 16.4. The van der Waals surface area contributed by atoms with Crippen LogP contribution in [0, 0.1) is 10.1 Å². The highest BCUT2D eigenvalue weighted by atomic mass is 35.5. The molecule has 0 amide bonds. The van der Waals surface area contributed by atoms with Crippen LogP contribution in [0.25, 0.3) is 10.9 Å². The second kappa shape index (κ2) is 6.98. The summed E-state index contributed by atoms with van der Waals surface area (Å²) in [6.45, 7) is 0.590. The van der Waals surface area contributed by atoms with E-state index in [4.69, 9.17) is 23.2 Å². The quantitative estimate of drug-likeness (QED) is 0.410. The lowest BCUT2D eigenvalue weighted by molar-refractivity contribution is -0.384. The van der Waals surface area contributed by atoms with E-state index in [9.17, 15) is 10.1 Å². The van der Waals surface area contributed by atoms with Gasteiger partial charge in [-0.3, -0.25) is 10.1 Å². The van der Waals surface area contributed by atoms with Crippen molar-refractivity contribution in [2.45, 2.75) is 6.42 Å². The first-order valence-electron chi connectivity index (χ1n) is 7.13. The van der Waals surface area contributed by atoms with E-state index in [0.717, 1.165) is 10.9 Å². The van der Waals surface area contributed by atoms with Crippen LogP contribution in [-0.4, -0.2) is 21.4 Å². The average Bonchev–Trinajstić information content (AvgIpc) is 2.56. The Kier molecular flexibility index (Phi) is 4.78. The van der Waals surface area contributed by atoms with Gasteiger partial charge < -0.3 is 5.32 Å². The van der Waals surface area contributed by atoms with Gasteiger partial charge in [0.1, 0.15) is 5.82 Å². The fourth-order valence-corrected chi connectivity index (χ4v) is 2.66. The number of nitro benzene ring substituents is 1. The molecule has 0 unspecified atom stereocenters. The number of nitrogens with one attached hydrogen (secondary N) is 1. The van der Waals surface area contributed by atoms with Crippen LogP contribution in [0.15, 0.2) is 42.5 Å². The number of nitro groups is 1. The number of nitrogens with zero attached hydrogens (tertiary/aromatic N) is 3. The fourth-order valence-electron chi connectivity index (χ4n) is 2.32. The molecule has 0 radical (unpaired) electrons. The summed E-state index contributed by atoms with van der Waals surface area (Å²) in [6.07, 6.45) is 0.682. The maximum Gasteiger partial charge on any atom is 0.269 e. The van der Waals surface area contributed by atoms with Crippen molar-refractivity contribution < 1.29 is 4.92 Å². The highest BCUT2D eigenvalue weighted by Gasteiger charge is 2.08. The fraction of sp³-hybridized carbons (Fsp3) is 0.125. The summed E-state index contributed by atoms with van der Waals surface area (Å²) in [4.78, 5) is 18.6. The normalized spacial score (nSPS) is 10.8. The maximum absolute atomic E-state index is 10.7. The topological polar surface area (TPSA) is 81.0 Å². The molecule has 3 aromatic rings. The van der Waals surface area contributed by atoms with Crippen LogP contribution in [0.5, 0.6) is 0 Å². The summed E-state index contributed by atoms with van der Waals surface area (Å²) < 4.78 is 0. The van der Waals surface area contributed by atoms with E-state index in [1.165, 1.54) is 12.1 Å². The number of halogens is 2. The zero-order chi connectivity index (χ0) is 17.1. The number of non-ortho nitro benzene ring substituents is 1. The van der Waals surface area contributed by atoms with E-state index >= 15 is 0 Å². The predicted molar refractivity (Wildman–Crippen MR) is 94.8 cm³/mol. The van der Waals surface area contributed by atoms with Crippen molar-refractivity contribution >= 4 is 45.6 Å². The number of benzene rings is 2. The molecule has 2 aromatic carbocycles. The Morgan fingerprint density at radius 3 is 2.54 bits per heavy atom. The Morgan fingerprint density at radius 2 is 1.83 bits per heavy atom. The maximum atomic E-state index is 10.7. The lowest BCUT2D eigenvalue weighted by Crippen LogP contribution is -2.07. The zero-order valence-corrected chi connectivity index (χ0v) is 13.9. The lowest BCUT2D eigenvalue weighted by Gasteiger charge is -2.09. The van der Waals surface area contributed by atoms with Gasteiger partial charge in [0.25, 0.3) is 5.69 Å².